The quantitative estimate of drug-likeness (QED) is 0.789. The standard InChI is InChI=1S/C11H18N4/c1-2-5-15(10-3-4-10)11-8-13-9(6-12)7-14-11/h7-8,10H,2-6,12H2,1H3. The van der Waals surface area contributed by atoms with Gasteiger partial charge in [0, 0.05) is 19.1 Å². The molecule has 0 amide bonds. The first-order valence-electron chi connectivity index (χ1n) is 5.62. The second-order valence-corrected chi connectivity index (χ2v) is 3.99. The Morgan fingerprint density at radius 2 is 2.20 bits per heavy atom. The van der Waals surface area contributed by atoms with E-state index in [-0.39, 0.29) is 0 Å². The largest absolute Gasteiger partial charge is 0.352 e. The summed E-state index contributed by atoms with van der Waals surface area (Å²) in [7, 11) is 0. The molecule has 82 valence electrons. The number of hydrogen-bond donors (Lipinski definition) is 1. The predicted molar refractivity (Wildman–Crippen MR) is 60.6 cm³/mol. The Labute approximate surface area is 90.5 Å². The van der Waals surface area contributed by atoms with Gasteiger partial charge in [-0.15, -0.1) is 0 Å². The van der Waals surface area contributed by atoms with Crippen molar-refractivity contribution < 1.29 is 0 Å². The highest BCUT2D eigenvalue weighted by atomic mass is 15.2. The first-order chi connectivity index (χ1) is 7.35. The van der Waals surface area contributed by atoms with E-state index in [4.69, 9.17) is 5.73 Å². The van der Waals surface area contributed by atoms with Crippen LogP contribution in [0.1, 0.15) is 31.9 Å². The molecule has 0 saturated heterocycles. The molecule has 2 rings (SSSR count). The maximum atomic E-state index is 5.49. The topological polar surface area (TPSA) is 55.0 Å². The van der Waals surface area contributed by atoms with Crippen molar-refractivity contribution in [1.29, 1.82) is 0 Å². The molecule has 0 radical (unpaired) electrons. The summed E-state index contributed by atoms with van der Waals surface area (Å²) >= 11 is 0. The van der Waals surface area contributed by atoms with Crippen LogP contribution >= 0.6 is 0 Å². The Morgan fingerprint density at radius 3 is 2.67 bits per heavy atom. The molecular formula is C11H18N4. The van der Waals surface area contributed by atoms with Gasteiger partial charge in [0.2, 0.25) is 0 Å². The van der Waals surface area contributed by atoms with Crippen molar-refractivity contribution in [2.24, 2.45) is 5.73 Å². The van der Waals surface area contributed by atoms with E-state index in [9.17, 15) is 0 Å². The normalized spacial score (nSPS) is 15.3. The van der Waals surface area contributed by atoms with Gasteiger partial charge in [0.05, 0.1) is 18.1 Å². The van der Waals surface area contributed by atoms with Crippen LogP contribution in [0.3, 0.4) is 0 Å². The molecule has 0 atom stereocenters. The molecular weight excluding hydrogens is 188 g/mol. The van der Waals surface area contributed by atoms with Gasteiger partial charge in [-0.25, -0.2) is 4.98 Å². The highest BCUT2D eigenvalue weighted by molar-refractivity contribution is 5.39. The molecule has 1 aromatic rings. The van der Waals surface area contributed by atoms with Crippen LogP contribution in [-0.4, -0.2) is 22.6 Å². The van der Waals surface area contributed by atoms with E-state index < -0.39 is 0 Å². The Bertz CT molecular complexity index is 305. The van der Waals surface area contributed by atoms with E-state index in [1.165, 1.54) is 12.8 Å². The fraction of sp³-hybridized carbons (Fsp3) is 0.636. The summed E-state index contributed by atoms with van der Waals surface area (Å²) in [6, 6.07) is 0.697. The predicted octanol–water partition coefficient (Wildman–Crippen LogP) is 1.31. The minimum absolute atomic E-state index is 0.463. The Kier molecular flexibility index (Phi) is 3.16. The maximum absolute atomic E-state index is 5.49. The SMILES string of the molecule is CCCN(c1cnc(CN)cn1)C1CC1. The van der Waals surface area contributed by atoms with Gasteiger partial charge in [-0.2, -0.15) is 0 Å². The van der Waals surface area contributed by atoms with E-state index in [1.54, 1.807) is 6.20 Å². The van der Waals surface area contributed by atoms with Crippen molar-refractivity contribution >= 4 is 5.82 Å². The maximum Gasteiger partial charge on any atom is 0.147 e. The molecule has 2 N–H and O–H groups in total. The van der Waals surface area contributed by atoms with Crippen LogP contribution in [0.25, 0.3) is 0 Å². The van der Waals surface area contributed by atoms with Crippen LogP contribution in [-0.2, 0) is 6.54 Å². The molecule has 4 nitrogen and oxygen atoms in total. The van der Waals surface area contributed by atoms with Crippen molar-refractivity contribution in [3.8, 4) is 0 Å². The molecule has 0 bridgehead atoms. The number of nitrogens with zero attached hydrogens (tertiary/aromatic N) is 3. The lowest BCUT2D eigenvalue weighted by Crippen LogP contribution is -2.27. The van der Waals surface area contributed by atoms with Crippen molar-refractivity contribution in [1.82, 2.24) is 9.97 Å². The fourth-order valence-electron chi connectivity index (χ4n) is 1.71. The number of anilines is 1. The number of aromatic nitrogens is 2. The number of hydrogen-bond acceptors (Lipinski definition) is 4. The minimum atomic E-state index is 0.463. The van der Waals surface area contributed by atoms with Crippen LogP contribution in [0.5, 0.6) is 0 Å². The Balaban J connectivity index is 2.10. The molecule has 0 unspecified atom stereocenters. The van der Waals surface area contributed by atoms with E-state index in [0.29, 0.717) is 12.6 Å². The van der Waals surface area contributed by atoms with Gasteiger partial charge in [0.1, 0.15) is 5.82 Å². The highest BCUT2D eigenvalue weighted by Crippen LogP contribution is 2.30. The van der Waals surface area contributed by atoms with Crippen molar-refractivity contribution in [2.75, 3.05) is 11.4 Å². The molecule has 15 heavy (non-hydrogen) atoms. The summed E-state index contributed by atoms with van der Waals surface area (Å²) < 4.78 is 0. The lowest BCUT2D eigenvalue weighted by atomic mass is 10.4. The summed E-state index contributed by atoms with van der Waals surface area (Å²) in [5, 5.41) is 0. The highest BCUT2D eigenvalue weighted by Gasteiger charge is 2.29. The monoisotopic (exact) mass is 206 g/mol. The van der Waals surface area contributed by atoms with Crippen LogP contribution in [0.2, 0.25) is 0 Å². The summed E-state index contributed by atoms with van der Waals surface area (Å²) in [5.74, 6) is 0.997. The Morgan fingerprint density at radius 1 is 1.40 bits per heavy atom. The van der Waals surface area contributed by atoms with Crippen LogP contribution < -0.4 is 10.6 Å². The lowest BCUT2D eigenvalue weighted by molar-refractivity contribution is 0.745. The zero-order valence-corrected chi connectivity index (χ0v) is 9.19. The number of nitrogens with two attached hydrogens (primary N) is 1. The molecule has 1 aromatic heterocycles. The van der Waals surface area contributed by atoms with Crippen LogP contribution in [0, 0.1) is 0 Å². The molecule has 1 fully saturated rings. The van der Waals surface area contributed by atoms with Gasteiger partial charge < -0.3 is 10.6 Å². The smallest absolute Gasteiger partial charge is 0.147 e. The molecule has 0 spiro atoms. The lowest BCUT2D eigenvalue weighted by Gasteiger charge is -2.22. The third-order valence-electron chi connectivity index (χ3n) is 2.65. The van der Waals surface area contributed by atoms with Gasteiger partial charge in [-0.05, 0) is 19.3 Å². The van der Waals surface area contributed by atoms with Gasteiger partial charge >= 0.3 is 0 Å². The van der Waals surface area contributed by atoms with Crippen molar-refractivity contribution in [3.63, 3.8) is 0 Å². The average molecular weight is 206 g/mol. The summed E-state index contributed by atoms with van der Waals surface area (Å²) in [4.78, 5) is 11.0. The van der Waals surface area contributed by atoms with Gasteiger partial charge in [0.25, 0.3) is 0 Å². The molecule has 0 aliphatic heterocycles. The zero-order chi connectivity index (χ0) is 10.7. The van der Waals surface area contributed by atoms with E-state index >= 15 is 0 Å². The van der Waals surface area contributed by atoms with E-state index in [2.05, 4.69) is 21.8 Å². The Hall–Kier alpha value is -1.16. The van der Waals surface area contributed by atoms with Gasteiger partial charge in [0.15, 0.2) is 0 Å². The van der Waals surface area contributed by atoms with Gasteiger partial charge in [-0.1, -0.05) is 6.92 Å². The summed E-state index contributed by atoms with van der Waals surface area (Å²) in [6.07, 6.45) is 7.36. The second kappa shape index (κ2) is 4.57. The third-order valence-corrected chi connectivity index (χ3v) is 2.65. The zero-order valence-electron chi connectivity index (χ0n) is 9.19. The first kappa shape index (κ1) is 10.4. The van der Waals surface area contributed by atoms with Crippen molar-refractivity contribution in [3.05, 3.63) is 18.1 Å². The summed E-state index contributed by atoms with van der Waals surface area (Å²) in [6.45, 7) is 3.73. The van der Waals surface area contributed by atoms with Crippen LogP contribution in [0.15, 0.2) is 12.4 Å². The average Bonchev–Trinajstić information content (AvgIpc) is 3.10. The number of rotatable bonds is 5. The minimum Gasteiger partial charge on any atom is -0.352 e. The van der Waals surface area contributed by atoms with Crippen LogP contribution in [0.4, 0.5) is 5.82 Å². The molecule has 0 aromatic carbocycles. The second-order valence-electron chi connectivity index (χ2n) is 3.99. The summed E-state index contributed by atoms with van der Waals surface area (Å²) in [5.41, 5.74) is 6.34. The molecule has 1 aliphatic carbocycles. The van der Waals surface area contributed by atoms with E-state index in [0.717, 1.165) is 24.5 Å². The molecule has 1 aliphatic rings. The molecule has 4 heteroatoms. The van der Waals surface area contributed by atoms with Crippen molar-refractivity contribution in [2.45, 2.75) is 38.8 Å². The first-order valence-corrected chi connectivity index (χ1v) is 5.62. The van der Waals surface area contributed by atoms with E-state index in [1.807, 2.05) is 6.20 Å². The fourth-order valence-corrected chi connectivity index (χ4v) is 1.71. The molecule has 1 saturated carbocycles. The third kappa shape index (κ3) is 2.45. The van der Waals surface area contributed by atoms with Gasteiger partial charge in [-0.3, -0.25) is 4.98 Å². The molecule has 1 heterocycles.